The molecule has 4 rings (SSSR count). The second-order valence-electron chi connectivity index (χ2n) is 6.52. The lowest BCUT2D eigenvalue weighted by Crippen LogP contribution is -2.35. The molecule has 1 aromatic carbocycles. The van der Waals surface area contributed by atoms with E-state index in [9.17, 15) is 24.5 Å². The van der Waals surface area contributed by atoms with Gasteiger partial charge in [0.2, 0.25) is 0 Å². The molecule has 2 aliphatic carbocycles. The third-order valence-corrected chi connectivity index (χ3v) is 5.10. The summed E-state index contributed by atoms with van der Waals surface area (Å²) >= 11 is 0. The molecule has 1 saturated heterocycles. The maximum Gasteiger partial charge on any atom is 0.534 e. The van der Waals surface area contributed by atoms with E-state index in [-0.39, 0.29) is 24.1 Å². The lowest BCUT2D eigenvalue weighted by Gasteiger charge is -2.15. The van der Waals surface area contributed by atoms with Gasteiger partial charge in [0.1, 0.15) is 6.61 Å². The molecular weight excluding hydrogens is 344 g/mol. The number of hydrogen-bond donors (Lipinski definition) is 0. The zero-order chi connectivity index (χ0) is 18.4. The first-order valence-corrected chi connectivity index (χ1v) is 8.10. The minimum absolute atomic E-state index is 0.0196. The molecule has 1 aliphatic heterocycles. The van der Waals surface area contributed by atoms with Crippen molar-refractivity contribution in [1.82, 2.24) is 5.06 Å². The normalized spacial score (nSPS) is 28.4. The first kappa shape index (κ1) is 16.2. The number of non-ortho nitro benzene ring substituents is 1. The van der Waals surface area contributed by atoms with Crippen LogP contribution in [-0.2, 0) is 25.8 Å². The van der Waals surface area contributed by atoms with Gasteiger partial charge >= 0.3 is 6.16 Å². The summed E-state index contributed by atoms with van der Waals surface area (Å²) in [5.74, 6) is -1.90. The fourth-order valence-corrected chi connectivity index (χ4v) is 3.92. The van der Waals surface area contributed by atoms with E-state index in [0.29, 0.717) is 10.6 Å². The highest BCUT2D eigenvalue weighted by atomic mass is 16.8. The number of nitro groups is 1. The topological polar surface area (TPSA) is 116 Å². The van der Waals surface area contributed by atoms with Crippen molar-refractivity contribution in [2.24, 2.45) is 23.7 Å². The van der Waals surface area contributed by atoms with Crippen LogP contribution in [-0.4, -0.2) is 28.0 Å². The lowest BCUT2D eigenvalue weighted by molar-refractivity contribution is -0.384. The Morgan fingerprint density at radius 3 is 2.23 bits per heavy atom. The molecule has 0 spiro atoms. The Hall–Kier alpha value is -3.23. The number of imide groups is 1. The first-order chi connectivity index (χ1) is 12.5. The van der Waals surface area contributed by atoms with Crippen molar-refractivity contribution < 1.29 is 28.9 Å². The first-order valence-electron chi connectivity index (χ1n) is 8.10. The maximum absolute atomic E-state index is 12.4. The smallest absolute Gasteiger partial charge is 0.428 e. The van der Waals surface area contributed by atoms with Crippen LogP contribution in [0.5, 0.6) is 0 Å². The highest BCUT2D eigenvalue weighted by Crippen LogP contribution is 2.52. The molecule has 134 valence electrons. The fraction of sp³-hybridized carbons (Fsp3) is 0.353. The molecule has 1 aromatic rings. The standard InChI is InChI=1S/C17H14N2O7/c20-15-13-10-3-4-11(7-10)14(13)16(21)18(15)26-17(22)25-8-9-1-5-12(6-2-9)19(23)24/h1-6,10-11,13-14H,7-8H2/t10-,11+,13-,14-/m1/s1. The van der Waals surface area contributed by atoms with Crippen molar-refractivity contribution in [1.29, 1.82) is 0 Å². The van der Waals surface area contributed by atoms with Crippen LogP contribution in [0.1, 0.15) is 12.0 Å². The molecule has 0 aromatic heterocycles. The predicted octanol–water partition coefficient (Wildman–Crippen LogP) is 1.97. The van der Waals surface area contributed by atoms with Gasteiger partial charge in [0.15, 0.2) is 0 Å². The summed E-state index contributed by atoms with van der Waals surface area (Å²) in [5, 5.41) is 11.1. The predicted molar refractivity (Wildman–Crippen MR) is 83.9 cm³/mol. The van der Waals surface area contributed by atoms with Crippen molar-refractivity contribution in [2.45, 2.75) is 13.0 Å². The molecule has 2 bridgehead atoms. The number of carbonyl (C=O) groups is 3. The molecule has 26 heavy (non-hydrogen) atoms. The summed E-state index contributed by atoms with van der Waals surface area (Å²) in [6.45, 7) is -0.202. The Bertz CT molecular complexity index is 802. The van der Waals surface area contributed by atoms with Crippen LogP contribution < -0.4 is 0 Å². The number of hydrogen-bond acceptors (Lipinski definition) is 7. The van der Waals surface area contributed by atoms with Gasteiger partial charge in [-0.25, -0.2) is 4.79 Å². The third-order valence-electron chi connectivity index (χ3n) is 5.10. The van der Waals surface area contributed by atoms with E-state index >= 15 is 0 Å². The minimum atomic E-state index is -1.18. The molecule has 4 atom stereocenters. The third kappa shape index (κ3) is 2.52. The monoisotopic (exact) mass is 358 g/mol. The number of benzene rings is 1. The Balaban J connectivity index is 1.35. The molecule has 3 aliphatic rings. The highest BCUT2D eigenvalue weighted by Gasteiger charge is 2.61. The SMILES string of the molecule is O=C(OCc1ccc([N+](=O)[O-])cc1)ON1C(=O)[C@H]2[C@H](C1=O)[C@H]1C=C[C@@H]2C1. The Labute approximate surface area is 147 Å². The molecule has 0 radical (unpaired) electrons. The Kier molecular flexibility index (Phi) is 3.71. The van der Waals surface area contributed by atoms with E-state index < -0.39 is 34.7 Å². The van der Waals surface area contributed by atoms with Gasteiger partial charge in [-0.05, 0) is 36.0 Å². The minimum Gasteiger partial charge on any atom is -0.428 e. The average Bonchev–Trinajstić information content (AvgIpc) is 3.30. The molecule has 2 fully saturated rings. The summed E-state index contributed by atoms with van der Waals surface area (Å²) in [5.41, 5.74) is 0.421. The fourth-order valence-electron chi connectivity index (χ4n) is 3.92. The van der Waals surface area contributed by atoms with Gasteiger partial charge in [0.25, 0.3) is 17.5 Å². The van der Waals surface area contributed by atoms with Crippen LogP contribution in [0, 0.1) is 33.8 Å². The number of nitro benzene ring substituents is 1. The molecular formula is C17H14N2O7. The van der Waals surface area contributed by atoms with Gasteiger partial charge < -0.3 is 4.74 Å². The maximum atomic E-state index is 12.4. The van der Waals surface area contributed by atoms with Crippen molar-refractivity contribution in [3.8, 4) is 0 Å². The van der Waals surface area contributed by atoms with Gasteiger partial charge in [0.05, 0.1) is 16.8 Å². The molecule has 2 amide bonds. The van der Waals surface area contributed by atoms with Gasteiger partial charge in [0, 0.05) is 12.1 Å². The summed E-state index contributed by atoms with van der Waals surface area (Å²) in [6, 6.07) is 5.43. The van der Waals surface area contributed by atoms with Crippen LogP contribution in [0.25, 0.3) is 0 Å². The zero-order valence-electron chi connectivity index (χ0n) is 13.4. The number of amides is 2. The van der Waals surface area contributed by atoms with E-state index in [0.717, 1.165) is 6.42 Å². The van der Waals surface area contributed by atoms with E-state index in [2.05, 4.69) is 0 Å². The second kappa shape index (κ2) is 5.94. The Morgan fingerprint density at radius 1 is 1.12 bits per heavy atom. The van der Waals surface area contributed by atoms with Crippen molar-refractivity contribution in [3.63, 3.8) is 0 Å². The van der Waals surface area contributed by atoms with Crippen LogP contribution >= 0.6 is 0 Å². The van der Waals surface area contributed by atoms with Gasteiger partial charge in [-0.1, -0.05) is 17.2 Å². The summed E-state index contributed by atoms with van der Waals surface area (Å²) in [6.07, 6.45) is 3.48. The van der Waals surface area contributed by atoms with Crippen LogP contribution in [0.2, 0.25) is 0 Å². The van der Waals surface area contributed by atoms with Crippen LogP contribution in [0.3, 0.4) is 0 Å². The summed E-state index contributed by atoms with van der Waals surface area (Å²) < 4.78 is 4.89. The zero-order valence-corrected chi connectivity index (χ0v) is 13.4. The summed E-state index contributed by atoms with van der Waals surface area (Å²) in [7, 11) is 0. The van der Waals surface area contributed by atoms with E-state index in [1.165, 1.54) is 24.3 Å². The van der Waals surface area contributed by atoms with E-state index in [4.69, 9.17) is 9.57 Å². The van der Waals surface area contributed by atoms with Crippen LogP contribution in [0.4, 0.5) is 10.5 Å². The molecule has 9 heteroatoms. The molecule has 0 N–H and O–H groups in total. The Morgan fingerprint density at radius 2 is 1.69 bits per heavy atom. The summed E-state index contributed by atoms with van der Waals surface area (Å²) in [4.78, 5) is 51.4. The second-order valence-corrected chi connectivity index (χ2v) is 6.52. The van der Waals surface area contributed by atoms with Crippen molar-refractivity contribution >= 4 is 23.7 Å². The number of allylic oxidation sites excluding steroid dienone is 2. The molecule has 1 heterocycles. The van der Waals surface area contributed by atoms with Gasteiger partial charge in [-0.3, -0.25) is 24.5 Å². The van der Waals surface area contributed by atoms with Crippen molar-refractivity contribution in [3.05, 3.63) is 52.1 Å². The van der Waals surface area contributed by atoms with E-state index in [1.54, 1.807) is 0 Å². The number of hydroxylamine groups is 2. The quantitative estimate of drug-likeness (QED) is 0.265. The number of carbonyl (C=O) groups excluding carboxylic acids is 3. The molecule has 0 unspecified atom stereocenters. The van der Waals surface area contributed by atoms with Crippen LogP contribution in [0.15, 0.2) is 36.4 Å². The lowest BCUT2D eigenvalue weighted by atomic mass is 9.85. The number of ether oxygens (including phenoxy) is 1. The molecule has 1 saturated carbocycles. The number of fused-ring (bicyclic) bond motifs is 5. The van der Waals surface area contributed by atoms with Crippen molar-refractivity contribution in [2.75, 3.05) is 0 Å². The molecule has 9 nitrogen and oxygen atoms in total. The number of nitrogens with zero attached hydrogens (tertiary/aromatic N) is 2. The van der Waals surface area contributed by atoms with E-state index in [1.807, 2.05) is 12.2 Å². The highest BCUT2D eigenvalue weighted by molar-refractivity contribution is 6.05. The number of rotatable bonds is 4. The van der Waals surface area contributed by atoms with Gasteiger partial charge in [-0.15, -0.1) is 0 Å². The van der Waals surface area contributed by atoms with Gasteiger partial charge in [-0.2, -0.15) is 0 Å². The average molecular weight is 358 g/mol. The largest absolute Gasteiger partial charge is 0.534 e.